The first kappa shape index (κ1) is 15.5. The lowest BCUT2D eigenvalue weighted by Crippen LogP contribution is -2.52. The minimum atomic E-state index is -0.994. The number of carboxylic acid groups (broad SMARTS) is 1. The molecule has 0 heterocycles. The lowest BCUT2D eigenvalue weighted by molar-refractivity contribution is -0.122. The monoisotopic (exact) mass is 290 g/mol. The minimum absolute atomic E-state index is 0.208. The van der Waals surface area contributed by atoms with Crippen molar-refractivity contribution in [2.75, 3.05) is 5.32 Å². The maximum Gasteiger partial charge on any atom is 0.336 e. The van der Waals surface area contributed by atoms with Gasteiger partial charge in [-0.2, -0.15) is 0 Å². The van der Waals surface area contributed by atoms with Crippen LogP contribution in [0.15, 0.2) is 12.1 Å². The fourth-order valence-electron chi connectivity index (χ4n) is 2.82. The van der Waals surface area contributed by atoms with Crippen molar-refractivity contribution in [2.45, 2.75) is 51.5 Å². The van der Waals surface area contributed by atoms with E-state index < -0.39 is 11.5 Å². The number of carbonyl (C=O) groups is 2. The van der Waals surface area contributed by atoms with Crippen LogP contribution in [-0.2, 0) is 4.79 Å². The predicted molar refractivity (Wildman–Crippen MR) is 81.5 cm³/mol. The van der Waals surface area contributed by atoms with Crippen LogP contribution in [0, 0.1) is 13.8 Å². The molecule has 5 heteroatoms. The van der Waals surface area contributed by atoms with Gasteiger partial charge in [0, 0.05) is 5.69 Å². The minimum Gasteiger partial charge on any atom is -0.478 e. The number of nitrogens with one attached hydrogen (secondary N) is 1. The number of hydrogen-bond acceptors (Lipinski definition) is 3. The van der Waals surface area contributed by atoms with Gasteiger partial charge in [-0.15, -0.1) is 0 Å². The van der Waals surface area contributed by atoms with Gasteiger partial charge in [-0.25, -0.2) is 4.79 Å². The average molecular weight is 290 g/mol. The van der Waals surface area contributed by atoms with Crippen LogP contribution in [0.25, 0.3) is 0 Å². The molecule has 5 nitrogen and oxygen atoms in total. The summed E-state index contributed by atoms with van der Waals surface area (Å²) in [6, 6.07) is 3.28. The van der Waals surface area contributed by atoms with Gasteiger partial charge >= 0.3 is 5.97 Å². The van der Waals surface area contributed by atoms with E-state index in [9.17, 15) is 14.7 Å². The number of amides is 1. The molecule has 0 unspecified atom stereocenters. The number of aromatic carboxylic acids is 1. The molecule has 1 aliphatic carbocycles. The summed E-state index contributed by atoms with van der Waals surface area (Å²) < 4.78 is 0. The Labute approximate surface area is 124 Å². The van der Waals surface area contributed by atoms with E-state index in [2.05, 4.69) is 5.32 Å². The van der Waals surface area contributed by atoms with Gasteiger partial charge in [0.15, 0.2) is 0 Å². The third-order valence-electron chi connectivity index (χ3n) is 4.35. The zero-order valence-electron chi connectivity index (χ0n) is 12.5. The largest absolute Gasteiger partial charge is 0.478 e. The highest BCUT2D eigenvalue weighted by Gasteiger charge is 2.35. The second kappa shape index (κ2) is 5.85. The molecule has 0 saturated heterocycles. The van der Waals surface area contributed by atoms with Gasteiger partial charge < -0.3 is 16.2 Å². The van der Waals surface area contributed by atoms with E-state index in [1.807, 2.05) is 6.92 Å². The van der Waals surface area contributed by atoms with Gasteiger partial charge in [-0.05, 0) is 49.9 Å². The highest BCUT2D eigenvalue weighted by molar-refractivity contribution is 5.99. The highest BCUT2D eigenvalue weighted by atomic mass is 16.4. The van der Waals surface area contributed by atoms with E-state index in [4.69, 9.17) is 5.73 Å². The molecule has 0 aromatic heterocycles. The molecule has 1 aliphatic rings. The second-order valence-corrected chi connectivity index (χ2v) is 5.94. The number of anilines is 1. The Morgan fingerprint density at radius 2 is 1.81 bits per heavy atom. The van der Waals surface area contributed by atoms with Crippen molar-refractivity contribution in [3.8, 4) is 0 Å². The number of carboxylic acids is 1. The first-order valence-corrected chi connectivity index (χ1v) is 7.28. The van der Waals surface area contributed by atoms with E-state index in [1.54, 1.807) is 13.0 Å². The van der Waals surface area contributed by atoms with Crippen molar-refractivity contribution >= 4 is 17.6 Å². The maximum atomic E-state index is 12.4. The Balaban J connectivity index is 2.23. The summed E-state index contributed by atoms with van der Waals surface area (Å²) in [5.74, 6) is -1.21. The number of aryl methyl sites for hydroxylation is 1. The number of benzene rings is 1. The summed E-state index contributed by atoms with van der Waals surface area (Å²) in [6.07, 6.45) is 4.37. The first-order chi connectivity index (χ1) is 9.83. The Bertz CT molecular complexity index is 575. The van der Waals surface area contributed by atoms with Crippen LogP contribution < -0.4 is 11.1 Å². The SMILES string of the molecule is Cc1cc(NC(=O)C2(N)CCCCC2)cc(C(=O)O)c1C. The molecule has 1 saturated carbocycles. The normalized spacial score (nSPS) is 17.3. The summed E-state index contributed by atoms with van der Waals surface area (Å²) in [7, 11) is 0. The molecule has 2 rings (SSSR count). The van der Waals surface area contributed by atoms with Crippen LogP contribution in [0.1, 0.15) is 53.6 Å². The van der Waals surface area contributed by atoms with E-state index in [-0.39, 0.29) is 11.5 Å². The molecule has 1 aromatic carbocycles. The molecule has 0 atom stereocenters. The summed E-state index contributed by atoms with van der Waals surface area (Å²) in [5.41, 5.74) is 7.60. The maximum absolute atomic E-state index is 12.4. The van der Waals surface area contributed by atoms with Crippen molar-refractivity contribution in [3.63, 3.8) is 0 Å². The zero-order valence-corrected chi connectivity index (χ0v) is 12.5. The molecule has 0 spiro atoms. The van der Waals surface area contributed by atoms with Crippen molar-refractivity contribution in [1.29, 1.82) is 0 Å². The van der Waals surface area contributed by atoms with Gasteiger partial charge in [0.1, 0.15) is 0 Å². The van der Waals surface area contributed by atoms with Crippen LogP contribution in [-0.4, -0.2) is 22.5 Å². The molecule has 1 amide bonds. The van der Waals surface area contributed by atoms with Crippen molar-refractivity contribution in [2.24, 2.45) is 5.73 Å². The van der Waals surface area contributed by atoms with Crippen molar-refractivity contribution in [3.05, 3.63) is 28.8 Å². The van der Waals surface area contributed by atoms with Gasteiger partial charge in [0.25, 0.3) is 0 Å². The molecule has 0 aliphatic heterocycles. The molecule has 0 bridgehead atoms. The Kier molecular flexibility index (Phi) is 4.32. The second-order valence-electron chi connectivity index (χ2n) is 5.94. The predicted octanol–water partition coefficient (Wildman–Crippen LogP) is 2.60. The summed E-state index contributed by atoms with van der Waals surface area (Å²) in [6.45, 7) is 3.59. The lowest BCUT2D eigenvalue weighted by atomic mass is 9.82. The van der Waals surface area contributed by atoms with Crippen LogP contribution in [0.5, 0.6) is 0 Å². The van der Waals surface area contributed by atoms with Crippen LogP contribution in [0.2, 0.25) is 0 Å². The summed E-state index contributed by atoms with van der Waals surface area (Å²) in [4.78, 5) is 23.6. The van der Waals surface area contributed by atoms with E-state index in [0.29, 0.717) is 24.1 Å². The lowest BCUT2D eigenvalue weighted by Gasteiger charge is -2.31. The highest BCUT2D eigenvalue weighted by Crippen LogP contribution is 2.28. The average Bonchev–Trinajstić information content (AvgIpc) is 2.43. The first-order valence-electron chi connectivity index (χ1n) is 7.28. The third-order valence-corrected chi connectivity index (χ3v) is 4.35. The smallest absolute Gasteiger partial charge is 0.336 e. The molecule has 1 fully saturated rings. The van der Waals surface area contributed by atoms with Gasteiger partial charge in [-0.3, -0.25) is 4.79 Å². The number of rotatable bonds is 3. The zero-order chi connectivity index (χ0) is 15.6. The van der Waals surface area contributed by atoms with Crippen LogP contribution in [0.3, 0.4) is 0 Å². The Morgan fingerprint density at radius 1 is 1.19 bits per heavy atom. The summed E-state index contributed by atoms with van der Waals surface area (Å²) >= 11 is 0. The molecule has 114 valence electrons. The van der Waals surface area contributed by atoms with Crippen LogP contribution >= 0.6 is 0 Å². The Morgan fingerprint density at radius 3 is 2.38 bits per heavy atom. The van der Waals surface area contributed by atoms with Gasteiger partial charge in [-0.1, -0.05) is 19.3 Å². The number of nitrogens with two attached hydrogens (primary N) is 1. The summed E-state index contributed by atoms with van der Waals surface area (Å²) in [5, 5.41) is 12.0. The molecule has 21 heavy (non-hydrogen) atoms. The fraction of sp³-hybridized carbons (Fsp3) is 0.500. The molecule has 4 N–H and O–H groups in total. The van der Waals surface area contributed by atoms with Crippen LogP contribution in [0.4, 0.5) is 5.69 Å². The third kappa shape index (κ3) is 3.24. The number of hydrogen-bond donors (Lipinski definition) is 3. The Hall–Kier alpha value is -1.88. The van der Waals surface area contributed by atoms with E-state index in [0.717, 1.165) is 24.8 Å². The molecule has 1 aromatic rings. The fourth-order valence-corrected chi connectivity index (χ4v) is 2.82. The van der Waals surface area contributed by atoms with Crippen molar-refractivity contribution < 1.29 is 14.7 Å². The topological polar surface area (TPSA) is 92.4 Å². The molecule has 0 radical (unpaired) electrons. The quantitative estimate of drug-likeness (QED) is 0.797. The number of carbonyl (C=O) groups excluding carboxylic acids is 1. The standard InChI is InChI=1S/C16H22N2O3/c1-10-8-12(9-13(11(10)2)14(19)20)18-15(21)16(17)6-4-3-5-7-16/h8-9H,3-7,17H2,1-2H3,(H,18,21)(H,19,20). The van der Waals surface area contributed by atoms with Gasteiger partial charge in [0.05, 0.1) is 11.1 Å². The molecular formula is C16H22N2O3. The van der Waals surface area contributed by atoms with Gasteiger partial charge in [0.2, 0.25) is 5.91 Å². The molecular weight excluding hydrogens is 268 g/mol. The van der Waals surface area contributed by atoms with E-state index in [1.165, 1.54) is 6.07 Å². The van der Waals surface area contributed by atoms with Crippen molar-refractivity contribution in [1.82, 2.24) is 0 Å². The van der Waals surface area contributed by atoms with E-state index >= 15 is 0 Å².